The van der Waals surface area contributed by atoms with Crippen LogP contribution >= 0.6 is 0 Å². The number of carboxylic acids is 1. The zero-order chi connectivity index (χ0) is 17.0. The van der Waals surface area contributed by atoms with Gasteiger partial charge in [0.25, 0.3) is 5.91 Å². The van der Waals surface area contributed by atoms with Crippen LogP contribution in [0.1, 0.15) is 17.3 Å². The second-order valence-corrected chi connectivity index (χ2v) is 5.67. The van der Waals surface area contributed by atoms with Crippen LogP contribution in [0.4, 0.5) is 0 Å². The number of carboxylic acid groups (broad SMARTS) is 1. The Labute approximate surface area is 135 Å². The number of ether oxygens (including phenoxy) is 1. The lowest BCUT2D eigenvalue weighted by atomic mass is 10.1. The highest BCUT2D eigenvalue weighted by atomic mass is 16.5. The van der Waals surface area contributed by atoms with Gasteiger partial charge in [0.2, 0.25) is 0 Å². The Bertz CT molecular complexity index is 708. The van der Waals surface area contributed by atoms with E-state index in [4.69, 9.17) is 9.84 Å². The number of aromatic nitrogens is 1. The monoisotopic (exact) mass is 318 g/mol. The number of nitrogens with zero attached hydrogens (tertiary/aromatic N) is 2. The number of benzene rings is 1. The quantitative estimate of drug-likeness (QED) is 0.848. The number of carbonyl (C=O) groups excluding carboxylic acids is 1. The van der Waals surface area contributed by atoms with Gasteiger partial charge in [-0.15, -0.1) is 0 Å². The predicted molar refractivity (Wildman–Crippen MR) is 87.6 cm³/mol. The fraction of sp³-hybridized carbons (Fsp3) is 0.412. The summed E-state index contributed by atoms with van der Waals surface area (Å²) < 4.78 is 7.10. The summed E-state index contributed by atoms with van der Waals surface area (Å²) >= 11 is 0. The maximum absolute atomic E-state index is 12.7. The lowest BCUT2D eigenvalue weighted by Crippen LogP contribution is -2.33. The lowest BCUT2D eigenvalue weighted by Gasteiger charge is -2.19. The van der Waals surface area contributed by atoms with Gasteiger partial charge in [-0.05, 0) is 6.07 Å². The average molecular weight is 318 g/mol. The summed E-state index contributed by atoms with van der Waals surface area (Å²) in [5.74, 6) is -1.69. The van der Waals surface area contributed by atoms with Gasteiger partial charge >= 0.3 is 5.97 Å². The molecule has 124 valence electrons. The first-order valence-corrected chi connectivity index (χ1v) is 7.50. The molecule has 6 heteroatoms. The fourth-order valence-electron chi connectivity index (χ4n) is 2.57. The minimum atomic E-state index is -0.910. The number of hydrogen-bond donors (Lipinski definition) is 1. The molecule has 0 saturated heterocycles. The van der Waals surface area contributed by atoms with E-state index in [1.54, 1.807) is 21.1 Å². The molecule has 0 aliphatic heterocycles. The number of para-hydroxylation sites is 1. The van der Waals surface area contributed by atoms with Crippen molar-refractivity contribution in [3.05, 3.63) is 36.0 Å². The molecule has 0 aliphatic carbocycles. The fourth-order valence-corrected chi connectivity index (χ4v) is 2.57. The average Bonchev–Trinajstić information content (AvgIpc) is 2.90. The van der Waals surface area contributed by atoms with Gasteiger partial charge in [0.1, 0.15) is 0 Å². The predicted octanol–water partition coefficient (Wildman–Crippen LogP) is 2.08. The van der Waals surface area contributed by atoms with E-state index in [0.717, 1.165) is 10.9 Å². The maximum atomic E-state index is 12.7. The van der Waals surface area contributed by atoms with Crippen LogP contribution in [-0.4, -0.2) is 53.8 Å². The summed E-state index contributed by atoms with van der Waals surface area (Å²) in [6.07, 6.45) is 1.81. The maximum Gasteiger partial charge on any atom is 0.308 e. The van der Waals surface area contributed by atoms with E-state index in [9.17, 15) is 9.59 Å². The van der Waals surface area contributed by atoms with E-state index in [1.165, 1.54) is 4.90 Å². The van der Waals surface area contributed by atoms with Gasteiger partial charge in [0, 0.05) is 44.3 Å². The van der Waals surface area contributed by atoms with Gasteiger partial charge in [-0.2, -0.15) is 0 Å². The first-order valence-electron chi connectivity index (χ1n) is 7.50. The number of hydrogen-bond acceptors (Lipinski definition) is 3. The number of rotatable bonds is 7. The van der Waals surface area contributed by atoms with E-state index in [-0.39, 0.29) is 12.5 Å². The van der Waals surface area contributed by atoms with Crippen molar-refractivity contribution in [1.82, 2.24) is 9.47 Å². The second-order valence-electron chi connectivity index (χ2n) is 5.67. The van der Waals surface area contributed by atoms with E-state index in [1.807, 2.05) is 35.0 Å². The Morgan fingerprint density at radius 2 is 2.04 bits per heavy atom. The van der Waals surface area contributed by atoms with Crippen molar-refractivity contribution in [2.45, 2.75) is 13.5 Å². The van der Waals surface area contributed by atoms with Crippen molar-refractivity contribution in [2.75, 3.05) is 27.3 Å². The van der Waals surface area contributed by atoms with Gasteiger partial charge in [-0.25, -0.2) is 0 Å². The van der Waals surface area contributed by atoms with Crippen LogP contribution in [0.3, 0.4) is 0 Å². The van der Waals surface area contributed by atoms with E-state index in [0.29, 0.717) is 18.7 Å². The first-order chi connectivity index (χ1) is 11.0. The third-order valence-electron chi connectivity index (χ3n) is 3.87. The highest BCUT2D eigenvalue weighted by Gasteiger charge is 2.21. The largest absolute Gasteiger partial charge is 0.481 e. The van der Waals surface area contributed by atoms with Gasteiger partial charge in [0.15, 0.2) is 0 Å². The molecule has 2 aromatic rings. The normalized spacial score (nSPS) is 12.3. The molecular weight excluding hydrogens is 296 g/mol. The summed E-state index contributed by atoms with van der Waals surface area (Å²) in [6, 6.07) is 7.68. The van der Waals surface area contributed by atoms with Crippen LogP contribution in [0.5, 0.6) is 0 Å². The third kappa shape index (κ3) is 3.71. The first kappa shape index (κ1) is 17.0. The minimum Gasteiger partial charge on any atom is -0.481 e. The molecule has 1 aromatic carbocycles. The SMILES string of the molecule is COCCn1cc(C(=O)N(C)CC(C)C(=O)O)c2ccccc21. The molecule has 0 aliphatic rings. The minimum absolute atomic E-state index is 0.172. The smallest absolute Gasteiger partial charge is 0.308 e. The summed E-state index contributed by atoms with van der Waals surface area (Å²) in [5, 5.41) is 9.86. The molecule has 0 saturated carbocycles. The molecule has 2 rings (SSSR count). The lowest BCUT2D eigenvalue weighted by molar-refractivity contribution is -0.141. The van der Waals surface area contributed by atoms with Crippen LogP contribution in [0, 0.1) is 5.92 Å². The zero-order valence-corrected chi connectivity index (χ0v) is 13.7. The second kappa shape index (κ2) is 7.28. The molecule has 0 fully saturated rings. The Morgan fingerprint density at radius 3 is 2.70 bits per heavy atom. The number of carbonyl (C=O) groups is 2. The summed E-state index contributed by atoms with van der Waals surface area (Å²) in [5.41, 5.74) is 1.55. The van der Waals surface area contributed by atoms with Crippen LogP contribution in [0.25, 0.3) is 10.9 Å². The Hall–Kier alpha value is -2.34. The van der Waals surface area contributed by atoms with Crippen molar-refractivity contribution in [2.24, 2.45) is 5.92 Å². The molecule has 23 heavy (non-hydrogen) atoms. The third-order valence-corrected chi connectivity index (χ3v) is 3.87. The number of aliphatic carboxylic acids is 1. The van der Waals surface area contributed by atoms with E-state index in [2.05, 4.69) is 0 Å². The van der Waals surface area contributed by atoms with Gasteiger partial charge in [0.05, 0.1) is 18.1 Å². The van der Waals surface area contributed by atoms with Crippen molar-refractivity contribution in [3.8, 4) is 0 Å². The van der Waals surface area contributed by atoms with Gasteiger partial charge < -0.3 is 19.3 Å². The summed E-state index contributed by atoms with van der Waals surface area (Å²) in [6.45, 7) is 2.97. The highest BCUT2D eigenvalue weighted by Crippen LogP contribution is 2.22. The molecule has 1 N–H and O–H groups in total. The Morgan fingerprint density at radius 1 is 1.35 bits per heavy atom. The molecule has 1 unspecified atom stereocenters. The molecule has 6 nitrogen and oxygen atoms in total. The summed E-state index contributed by atoms with van der Waals surface area (Å²) in [4.78, 5) is 25.1. The number of methoxy groups -OCH3 is 1. The standard InChI is InChI=1S/C17H22N2O4/c1-12(17(21)22)10-18(2)16(20)14-11-19(8-9-23-3)15-7-5-4-6-13(14)15/h4-7,11-12H,8-10H2,1-3H3,(H,21,22). The number of fused-ring (bicyclic) bond motifs is 1. The molecule has 0 bridgehead atoms. The van der Waals surface area contributed by atoms with Crippen LogP contribution in [0.2, 0.25) is 0 Å². The number of amides is 1. The molecule has 1 heterocycles. The molecule has 0 spiro atoms. The molecule has 1 atom stereocenters. The van der Waals surface area contributed by atoms with Crippen molar-refractivity contribution < 1.29 is 19.4 Å². The van der Waals surface area contributed by atoms with Crippen LogP contribution < -0.4 is 0 Å². The molecule has 0 radical (unpaired) electrons. The van der Waals surface area contributed by atoms with Crippen molar-refractivity contribution >= 4 is 22.8 Å². The molecule has 1 aromatic heterocycles. The zero-order valence-electron chi connectivity index (χ0n) is 13.7. The Kier molecular flexibility index (Phi) is 5.39. The van der Waals surface area contributed by atoms with E-state index < -0.39 is 11.9 Å². The van der Waals surface area contributed by atoms with E-state index >= 15 is 0 Å². The van der Waals surface area contributed by atoms with Gasteiger partial charge in [-0.1, -0.05) is 25.1 Å². The van der Waals surface area contributed by atoms with Crippen molar-refractivity contribution in [3.63, 3.8) is 0 Å². The molecular formula is C17H22N2O4. The molecule has 1 amide bonds. The van der Waals surface area contributed by atoms with Crippen molar-refractivity contribution in [1.29, 1.82) is 0 Å². The highest BCUT2D eigenvalue weighted by molar-refractivity contribution is 6.07. The Balaban J connectivity index is 2.31. The van der Waals surface area contributed by atoms with Crippen LogP contribution in [-0.2, 0) is 16.1 Å². The topological polar surface area (TPSA) is 71.8 Å². The van der Waals surface area contributed by atoms with Crippen LogP contribution in [0.15, 0.2) is 30.5 Å². The van der Waals surface area contributed by atoms with Gasteiger partial charge in [-0.3, -0.25) is 9.59 Å². The summed E-state index contributed by atoms with van der Waals surface area (Å²) in [7, 11) is 3.27.